The Hall–Kier alpha value is -2.20. The van der Waals surface area contributed by atoms with E-state index in [1.165, 1.54) is 69.2 Å². The van der Waals surface area contributed by atoms with E-state index in [1.807, 2.05) is 0 Å². The predicted molar refractivity (Wildman–Crippen MR) is 196 cm³/mol. The summed E-state index contributed by atoms with van der Waals surface area (Å²) < 4.78 is 0. The van der Waals surface area contributed by atoms with Crippen LogP contribution in [0.1, 0.15) is 176 Å². The van der Waals surface area contributed by atoms with E-state index < -0.39 is 159 Å². The molecule has 2 aromatic rings. The van der Waals surface area contributed by atoms with Crippen LogP contribution >= 0.6 is 0 Å². The molecule has 2 aromatic carbocycles. The Bertz CT molecular complexity index is 1560. The minimum absolute atomic E-state index is 0.467. The maximum atomic E-state index is 11.8. The second kappa shape index (κ2) is 15.9. The molecule has 0 aromatic heterocycles. The van der Waals surface area contributed by atoms with Crippen LogP contribution in [0.2, 0.25) is 0 Å². The average Bonchev–Trinajstić information content (AvgIpc) is 3.12. The van der Waals surface area contributed by atoms with Gasteiger partial charge < -0.3 is 81.7 Å². The maximum Gasteiger partial charge on any atom is 0.190 e. The van der Waals surface area contributed by atoms with E-state index in [2.05, 4.69) is 0 Å². The lowest BCUT2D eigenvalue weighted by molar-refractivity contribution is -0.212. The van der Waals surface area contributed by atoms with E-state index >= 15 is 0 Å². The molecule has 0 heterocycles. The minimum atomic E-state index is -3.17. The molecule has 16 N–H and O–H groups in total. The standard InChI is InChI=1S/C39H64O16/c1-11-32(40,41)23-19-21(25(34(44,45)13-3)29(38(52,53)17-7)27(23)36(48,49)15-5)31(9,10)22-20-24(33(42,43)12-2)28(37(50,51)16-6)30(39(54,55)18-8)26(22)35(46,47)14-4/h19-20,40-55H,11-18H2,1-10H3. The summed E-state index contributed by atoms with van der Waals surface area (Å²) in [7, 11) is 0. The molecule has 0 aliphatic heterocycles. The molecule has 55 heavy (non-hydrogen) atoms. The van der Waals surface area contributed by atoms with E-state index in [4.69, 9.17) is 0 Å². The highest BCUT2D eigenvalue weighted by atomic mass is 16.5. The van der Waals surface area contributed by atoms with Gasteiger partial charge in [0.2, 0.25) is 0 Å². The van der Waals surface area contributed by atoms with Crippen LogP contribution < -0.4 is 0 Å². The quantitative estimate of drug-likeness (QED) is 0.0909. The normalized spacial score (nSPS) is 14.6. The van der Waals surface area contributed by atoms with Crippen molar-refractivity contribution in [2.45, 2.75) is 172 Å². The Morgan fingerprint density at radius 3 is 0.618 bits per heavy atom. The van der Waals surface area contributed by atoms with Gasteiger partial charge in [-0.05, 0) is 23.3 Å². The molecule has 16 heteroatoms. The van der Waals surface area contributed by atoms with Gasteiger partial charge in [0.25, 0.3) is 0 Å². The van der Waals surface area contributed by atoms with Gasteiger partial charge in [-0.3, -0.25) is 0 Å². The molecule has 0 radical (unpaired) electrons. The van der Waals surface area contributed by atoms with Crippen LogP contribution in [0.15, 0.2) is 12.1 Å². The van der Waals surface area contributed by atoms with Gasteiger partial charge in [-0.1, -0.05) is 69.2 Å². The molecular weight excluding hydrogens is 724 g/mol. The number of aliphatic hydroxyl groups is 16. The predicted octanol–water partition coefficient (Wildman–Crippen LogP) is 0.392. The van der Waals surface area contributed by atoms with Crippen LogP contribution in [0.4, 0.5) is 0 Å². The summed E-state index contributed by atoms with van der Waals surface area (Å²) in [5, 5.41) is 185. The summed E-state index contributed by atoms with van der Waals surface area (Å²) in [6.45, 7) is 12.8. The maximum absolute atomic E-state index is 11.8. The largest absolute Gasteiger partial charge is 0.362 e. The number of hydrogen-bond acceptors (Lipinski definition) is 16. The highest BCUT2D eigenvalue weighted by Crippen LogP contribution is 2.54. The van der Waals surface area contributed by atoms with Gasteiger partial charge >= 0.3 is 0 Å². The molecule has 0 aliphatic rings. The molecule has 0 saturated heterocycles. The first-order valence-corrected chi connectivity index (χ1v) is 18.7. The monoisotopic (exact) mass is 788 g/mol. The van der Waals surface area contributed by atoms with Crippen molar-refractivity contribution in [1.82, 2.24) is 0 Å². The summed E-state index contributed by atoms with van der Waals surface area (Å²) in [5.74, 6) is -24.7. The van der Waals surface area contributed by atoms with E-state index in [1.54, 1.807) is 0 Å². The van der Waals surface area contributed by atoms with Crippen molar-refractivity contribution in [2.24, 2.45) is 0 Å². The summed E-state index contributed by atoms with van der Waals surface area (Å²) in [6.07, 6.45) is -4.86. The zero-order chi connectivity index (χ0) is 43.3. The van der Waals surface area contributed by atoms with Gasteiger partial charge in [0, 0.05) is 101 Å². The topological polar surface area (TPSA) is 324 Å². The Morgan fingerprint density at radius 2 is 0.436 bits per heavy atom. The molecule has 316 valence electrons. The Kier molecular flexibility index (Phi) is 14.1. The second-order valence-corrected chi connectivity index (χ2v) is 15.2. The average molecular weight is 789 g/mol. The van der Waals surface area contributed by atoms with Crippen molar-refractivity contribution in [3.63, 3.8) is 0 Å². The summed E-state index contributed by atoms with van der Waals surface area (Å²) >= 11 is 0. The van der Waals surface area contributed by atoms with Gasteiger partial charge in [-0.25, -0.2) is 0 Å². The van der Waals surface area contributed by atoms with Gasteiger partial charge in [0.05, 0.1) is 0 Å². The lowest BCUT2D eigenvalue weighted by Gasteiger charge is -2.45. The summed E-state index contributed by atoms with van der Waals surface area (Å²) in [5.41, 5.74) is -9.89. The van der Waals surface area contributed by atoms with Crippen molar-refractivity contribution in [3.8, 4) is 0 Å². The Balaban J connectivity index is 3.86. The van der Waals surface area contributed by atoms with Crippen molar-refractivity contribution in [1.29, 1.82) is 0 Å². The van der Waals surface area contributed by atoms with E-state index in [-0.39, 0.29) is 0 Å². The van der Waals surface area contributed by atoms with Crippen LogP contribution in [0.3, 0.4) is 0 Å². The SMILES string of the molecule is CCC(O)(O)c1cc(C(C)(C)c2cc(C(O)(O)CC)c(C(O)(O)CC)c(C(O)(O)CC)c2C(O)(O)CC)c(C(O)(O)CC)c(C(O)(O)CC)c1C(O)(O)CC. The Morgan fingerprint density at radius 1 is 0.273 bits per heavy atom. The van der Waals surface area contributed by atoms with Gasteiger partial charge in [0.1, 0.15) is 0 Å². The second-order valence-electron chi connectivity index (χ2n) is 15.2. The third-order valence-electron chi connectivity index (χ3n) is 11.2. The molecular formula is C39H64O16. The Labute approximate surface area is 321 Å². The van der Waals surface area contributed by atoms with Gasteiger partial charge in [-0.2, -0.15) is 0 Å². The van der Waals surface area contributed by atoms with E-state index in [0.29, 0.717) is 0 Å². The van der Waals surface area contributed by atoms with E-state index in [0.717, 1.165) is 12.1 Å². The molecule has 0 atom stereocenters. The van der Waals surface area contributed by atoms with Crippen LogP contribution in [0.5, 0.6) is 0 Å². The fourth-order valence-electron chi connectivity index (χ4n) is 7.03. The number of benzene rings is 2. The fraction of sp³-hybridized carbons (Fsp3) is 0.692. The van der Waals surface area contributed by atoms with Gasteiger partial charge in [-0.15, -0.1) is 0 Å². The van der Waals surface area contributed by atoms with Crippen molar-refractivity contribution >= 4 is 0 Å². The highest BCUT2D eigenvalue weighted by molar-refractivity contribution is 5.62. The molecule has 0 fully saturated rings. The first-order chi connectivity index (χ1) is 24.7. The van der Waals surface area contributed by atoms with Crippen molar-refractivity contribution < 1.29 is 81.7 Å². The summed E-state index contributed by atoms with van der Waals surface area (Å²) in [4.78, 5) is 0. The molecule has 0 unspecified atom stereocenters. The van der Waals surface area contributed by atoms with Crippen molar-refractivity contribution in [3.05, 3.63) is 67.8 Å². The lowest BCUT2D eigenvalue weighted by Crippen LogP contribution is -2.45. The first kappa shape index (κ1) is 48.9. The molecule has 0 bridgehead atoms. The van der Waals surface area contributed by atoms with Crippen LogP contribution in [0, 0.1) is 0 Å². The van der Waals surface area contributed by atoms with E-state index in [9.17, 15) is 81.7 Å². The minimum Gasteiger partial charge on any atom is -0.362 e. The molecule has 16 nitrogen and oxygen atoms in total. The third-order valence-corrected chi connectivity index (χ3v) is 11.2. The van der Waals surface area contributed by atoms with Gasteiger partial charge in [0.15, 0.2) is 46.3 Å². The first-order valence-electron chi connectivity index (χ1n) is 18.7. The van der Waals surface area contributed by atoms with Crippen LogP contribution in [0.25, 0.3) is 0 Å². The fourth-order valence-corrected chi connectivity index (χ4v) is 7.03. The number of rotatable bonds is 18. The number of hydrogen-bond donors (Lipinski definition) is 16. The van der Waals surface area contributed by atoms with Crippen LogP contribution in [-0.2, 0) is 51.7 Å². The highest BCUT2D eigenvalue weighted by Gasteiger charge is 2.53. The smallest absolute Gasteiger partial charge is 0.190 e. The third kappa shape index (κ3) is 8.66. The molecule has 2 rings (SSSR count). The molecule has 0 spiro atoms. The van der Waals surface area contributed by atoms with Crippen molar-refractivity contribution in [2.75, 3.05) is 0 Å². The molecule has 0 saturated carbocycles. The molecule has 0 amide bonds. The summed E-state index contributed by atoms with van der Waals surface area (Å²) in [6, 6.07) is 1.84. The lowest BCUT2D eigenvalue weighted by atomic mass is 9.65. The zero-order valence-corrected chi connectivity index (χ0v) is 33.5. The van der Waals surface area contributed by atoms with Crippen LogP contribution in [-0.4, -0.2) is 81.7 Å². The zero-order valence-electron chi connectivity index (χ0n) is 33.5. The molecule has 0 aliphatic carbocycles.